The number of hydrogen-bond acceptors (Lipinski definition) is 6. The maximum atomic E-state index is 13.2. The van der Waals surface area contributed by atoms with Gasteiger partial charge in [-0.3, -0.25) is 9.69 Å². The second kappa shape index (κ2) is 10.6. The third kappa shape index (κ3) is 4.91. The summed E-state index contributed by atoms with van der Waals surface area (Å²) in [6.45, 7) is 5.32. The average Bonchev–Trinajstić information content (AvgIpc) is 3.58. The summed E-state index contributed by atoms with van der Waals surface area (Å²) in [5.74, 6) is 1.70. The zero-order valence-electron chi connectivity index (χ0n) is 21.3. The normalized spacial score (nSPS) is 15.1. The number of rotatable bonds is 9. The Bertz CT molecular complexity index is 1370. The third-order valence-electron chi connectivity index (χ3n) is 7.40. The van der Waals surface area contributed by atoms with Crippen LogP contribution in [0, 0.1) is 6.92 Å². The molecule has 8 nitrogen and oxygen atoms in total. The highest BCUT2D eigenvalue weighted by Gasteiger charge is 2.29. The second-order valence-electron chi connectivity index (χ2n) is 9.76. The summed E-state index contributed by atoms with van der Waals surface area (Å²) in [5, 5.41) is 14.0. The molecule has 0 aliphatic heterocycles. The minimum Gasteiger partial charge on any atom is -0.497 e. The minimum absolute atomic E-state index is 0.0321. The molecule has 5 rings (SSSR count). The van der Waals surface area contributed by atoms with Crippen LogP contribution in [0.3, 0.4) is 0 Å². The van der Waals surface area contributed by atoms with E-state index in [0.29, 0.717) is 19.1 Å². The van der Waals surface area contributed by atoms with Crippen molar-refractivity contribution in [1.29, 1.82) is 0 Å². The largest absolute Gasteiger partial charge is 0.497 e. The number of aromatic nitrogens is 5. The van der Waals surface area contributed by atoms with Crippen LogP contribution in [-0.4, -0.2) is 37.2 Å². The molecule has 188 valence electrons. The summed E-state index contributed by atoms with van der Waals surface area (Å²) in [7, 11) is 1.67. The van der Waals surface area contributed by atoms with Crippen LogP contribution in [0.15, 0.2) is 53.3 Å². The Morgan fingerprint density at radius 2 is 1.92 bits per heavy atom. The van der Waals surface area contributed by atoms with E-state index in [4.69, 9.17) is 4.74 Å². The number of pyridine rings is 1. The summed E-state index contributed by atoms with van der Waals surface area (Å²) in [4.78, 5) is 18.6. The quantitative estimate of drug-likeness (QED) is 0.354. The van der Waals surface area contributed by atoms with Crippen LogP contribution in [0.4, 0.5) is 0 Å². The van der Waals surface area contributed by atoms with Crippen molar-refractivity contribution in [1.82, 2.24) is 30.1 Å². The Hall–Kier alpha value is -3.52. The first kappa shape index (κ1) is 24.2. The molecule has 1 fully saturated rings. The number of tetrazole rings is 1. The zero-order valence-corrected chi connectivity index (χ0v) is 21.3. The summed E-state index contributed by atoms with van der Waals surface area (Å²) in [6.07, 6.45) is 5.46. The number of nitrogens with zero attached hydrogens (tertiary/aromatic N) is 5. The highest BCUT2D eigenvalue weighted by Crippen LogP contribution is 2.33. The summed E-state index contributed by atoms with van der Waals surface area (Å²) in [6, 6.07) is 16.5. The number of benzene rings is 2. The van der Waals surface area contributed by atoms with Gasteiger partial charge in [0.1, 0.15) is 5.75 Å². The van der Waals surface area contributed by atoms with Gasteiger partial charge in [-0.1, -0.05) is 50.1 Å². The van der Waals surface area contributed by atoms with Gasteiger partial charge in [0.15, 0.2) is 5.82 Å². The third-order valence-corrected chi connectivity index (χ3v) is 7.40. The molecule has 2 aromatic heterocycles. The summed E-state index contributed by atoms with van der Waals surface area (Å²) < 4.78 is 7.39. The van der Waals surface area contributed by atoms with Crippen LogP contribution in [0.25, 0.3) is 10.9 Å². The smallest absolute Gasteiger partial charge is 0.252 e. The van der Waals surface area contributed by atoms with E-state index in [-0.39, 0.29) is 11.6 Å². The number of aryl methyl sites for hydroxylation is 1. The molecular weight excluding hydrogens is 452 g/mol. The minimum atomic E-state index is -0.0539. The van der Waals surface area contributed by atoms with Gasteiger partial charge in [0, 0.05) is 18.7 Å². The average molecular weight is 487 g/mol. The number of fused-ring (bicyclic) bond motifs is 1. The SMILES string of the molecule is CC[C@H](c1nnnn1C1CCCC1)N(Cc1ccc(OC)cc1)Cc1cc2cccc(C)c2[nH]c1=O. The van der Waals surface area contributed by atoms with Crippen LogP contribution < -0.4 is 10.3 Å². The number of H-pyrrole nitrogens is 1. The number of hydrogen-bond donors (Lipinski definition) is 1. The molecule has 8 heteroatoms. The number of methoxy groups -OCH3 is 1. The van der Waals surface area contributed by atoms with Gasteiger partial charge >= 0.3 is 0 Å². The monoisotopic (exact) mass is 486 g/mol. The highest BCUT2D eigenvalue weighted by molar-refractivity contribution is 5.81. The molecule has 1 atom stereocenters. The molecule has 0 spiro atoms. The Kier molecular flexibility index (Phi) is 7.13. The van der Waals surface area contributed by atoms with E-state index < -0.39 is 0 Å². The molecule has 1 aliphatic rings. The highest BCUT2D eigenvalue weighted by atomic mass is 16.5. The van der Waals surface area contributed by atoms with Crippen molar-refractivity contribution in [3.8, 4) is 5.75 Å². The molecule has 1 saturated carbocycles. The maximum Gasteiger partial charge on any atom is 0.252 e. The molecule has 2 aromatic carbocycles. The topological polar surface area (TPSA) is 88.9 Å². The van der Waals surface area contributed by atoms with Crippen molar-refractivity contribution in [3.63, 3.8) is 0 Å². The number of ether oxygens (including phenoxy) is 1. The van der Waals surface area contributed by atoms with Crippen molar-refractivity contribution in [2.75, 3.05) is 7.11 Å². The lowest BCUT2D eigenvalue weighted by Gasteiger charge is -2.31. The van der Waals surface area contributed by atoms with Crippen molar-refractivity contribution in [2.45, 2.75) is 71.1 Å². The van der Waals surface area contributed by atoms with E-state index in [1.165, 1.54) is 12.8 Å². The van der Waals surface area contributed by atoms with E-state index >= 15 is 0 Å². The van der Waals surface area contributed by atoms with Crippen LogP contribution >= 0.6 is 0 Å². The van der Waals surface area contributed by atoms with Gasteiger partial charge in [0.25, 0.3) is 5.56 Å². The van der Waals surface area contributed by atoms with E-state index in [1.54, 1.807) is 7.11 Å². The van der Waals surface area contributed by atoms with Crippen LogP contribution in [-0.2, 0) is 13.1 Å². The van der Waals surface area contributed by atoms with Gasteiger partial charge in [-0.15, -0.1) is 5.10 Å². The molecule has 1 N–H and O–H groups in total. The predicted molar refractivity (Wildman–Crippen MR) is 140 cm³/mol. The fraction of sp³-hybridized carbons (Fsp3) is 0.429. The summed E-state index contributed by atoms with van der Waals surface area (Å²) in [5.41, 5.74) is 3.78. The lowest BCUT2D eigenvalue weighted by atomic mass is 10.1. The molecule has 0 bridgehead atoms. The molecule has 4 aromatic rings. The fourth-order valence-electron chi connectivity index (χ4n) is 5.44. The fourth-order valence-corrected chi connectivity index (χ4v) is 5.44. The second-order valence-corrected chi connectivity index (χ2v) is 9.76. The first-order valence-corrected chi connectivity index (χ1v) is 12.8. The van der Waals surface area contributed by atoms with Crippen molar-refractivity contribution < 1.29 is 4.74 Å². The number of para-hydroxylation sites is 1. The van der Waals surface area contributed by atoms with Crippen LogP contribution in [0.2, 0.25) is 0 Å². The molecule has 2 heterocycles. The molecular formula is C28H34N6O2. The Morgan fingerprint density at radius 1 is 1.14 bits per heavy atom. The van der Waals surface area contributed by atoms with Gasteiger partial charge < -0.3 is 9.72 Å². The Labute approximate surface area is 211 Å². The first-order chi connectivity index (χ1) is 17.6. The van der Waals surface area contributed by atoms with Crippen LogP contribution in [0.5, 0.6) is 5.75 Å². The molecule has 0 radical (unpaired) electrons. The molecule has 0 amide bonds. The van der Waals surface area contributed by atoms with E-state index in [9.17, 15) is 4.79 Å². The van der Waals surface area contributed by atoms with Crippen molar-refractivity contribution in [3.05, 3.63) is 81.4 Å². The van der Waals surface area contributed by atoms with Crippen LogP contribution in [0.1, 0.15) is 73.6 Å². The summed E-state index contributed by atoms with van der Waals surface area (Å²) >= 11 is 0. The first-order valence-electron chi connectivity index (χ1n) is 12.8. The zero-order chi connectivity index (χ0) is 25.1. The maximum absolute atomic E-state index is 13.2. The predicted octanol–water partition coefficient (Wildman–Crippen LogP) is 5.10. The van der Waals surface area contributed by atoms with E-state index in [2.05, 4.69) is 44.5 Å². The molecule has 0 saturated heterocycles. The lowest BCUT2D eigenvalue weighted by molar-refractivity contribution is 0.158. The molecule has 0 unspecified atom stereocenters. The molecule has 1 aliphatic carbocycles. The van der Waals surface area contributed by atoms with Gasteiger partial charge in [-0.25, -0.2) is 4.68 Å². The van der Waals surface area contributed by atoms with Crippen molar-refractivity contribution >= 4 is 10.9 Å². The Morgan fingerprint density at radius 3 is 2.64 bits per heavy atom. The van der Waals surface area contributed by atoms with E-state index in [0.717, 1.165) is 58.4 Å². The van der Waals surface area contributed by atoms with Crippen molar-refractivity contribution in [2.24, 2.45) is 0 Å². The van der Waals surface area contributed by atoms with Gasteiger partial charge in [-0.2, -0.15) is 0 Å². The van der Waals surface area contributed by atoms with E-state index in [1.807, 2.05) is 48.0 Å². The standard InChI is InChI=1S/C28H34N6O2/c1-4-25(27-30-31-32-34(27)23-10-5-6-11-23)33(17-20-12-14-24(36-3)15-13-20)18-22-16-21-9-7-8-19(2)26(21)29-28(22)35/h7-9,12-16,23,25H,4-6,10-11,17-18H2,1-3H3,(H,29,35)/t25-/m1/s1. The lowest BCUT2D eigenvalue weighted by Crippen LogP contribution is -2.32. The number of aromatic amines is 1. The Balaban J connectivity index is 1.53. The molecule has 36 heavy (non-hydrogen) atoms. The van der Waals surface area contributed by atoms with Gasteiger partial charge in [-0.05, 0) is 71.3 Å². The van der Waals surface area contributed by atoms with Gasteiger partial charge in [0.05, 0.1) is 24.7 Å². The number of nitrogens with one attached hydrogen (secondary N) is 1. The van der Waals surface area contributed by atoms with Gasteiger partial charge in [0.2, 0.25) is 0 Å².